The lowest BCUT2D eigenvalue weighted by atomic mass is 9.74. The van der Waals surface area contributed by atoms with Crippen LogP contribution in [-0.4, -0.2) is 224 Å². The van der Waals surface area contributed by atoms with Crippen molar-refractivity contribution in [1.82, 2.24) is 5.06 Å². The summed E-state index contributed by atoms with van der Waals surface area (Å²) >= 11 is 0. The number of imide groups is 1. The molecule has 7 rings (SSSR count). The van der Waals surface area contributed by atoms with Gasteiger partial charge in [-0.3, -0.25) is 27.8 Å². The lowest BCUT2D eigenvalue weighted by molar-refractivity contribution is -0.441. The van der Waals surface area contributed by atoms with Gasteiger partial charge in [0.2, 0.25) is 5.69 Å². The summed E-state index contributed by atoms with van der Waals surface area (Å²) in [5.41, 5.74) is -0.241. The molecule has 0 radical (unpaired) electrons. The van der Waals surface area contributed by atoms with E-state index in [-0.39, 0.29) is 138 Å². The lowest BCUT2D eigenvalue weighted by Gasteiger charge is -2.31. The van der Waals surface area contributed by atoms with Gasteiger partial charge in [0.15, 0.2) is 12.3 Å². The van der Waals surface area contributed by atoms with E-state index >= 15 is 0 Å². The fraction of sp³-hybridized carbons (Fsp3) is 0.492. The van der Waals surface area contributed by atoms with Crippen molar-refractivity contribution >= 4 is 107 Å². The minimum atomic E-state index is -5.40. The minimum Gasteiger partial charge on any atom is -0.744 e. The molecule has 3 heterocycles. The molecule has 1 fully saturated rings. The van der Waals surface area contributed by atoms with Crippen molar-refractivity contribution in [2.24, 2.45) is 0 Å². The van der Waals surface area contributed by atoms with Gasteiger partial charge in [0.1, 0.15) is 28.2 Å². The van der Waals surface area contributed by atoms with Crippen molar-refractivity contribution in [3.8, 4) is 0 Å². The summed E-state index contributed by atoms with van der Waals surface area (Å²) in [6.07, 6.45) is 8.35. The van der Waals surface area contributed by atoms with Gasteiger partial charge in [-0.2, -0.15) is 38.2 Å². The number of carbonyl (C=O) groups excluding carboxylic acids is 3. The van der Waals surface area contributed by atoms with Gasteiger partial charge in [-0.15, -0.1) is 5.06 Å². The van der Waals surface area contributed by atoms with Crippen molar-refractivity contribution in [3.63, 3.8) is 0 Å². The van der Waals surface area contributed by atoms with Gasteiger partial charge < -0.3 is 52.2 Å². The Morgan fingerprint density at radius 2 is 1.13 bits per heavy atom. The number of anilines is 1. The number of carbonyl (C=O) groups is 3. The molecular weight excluding hydrogens is 1340 g/mol. The molecule has 0 spiro atoms. The van der Waals surface area contributed by atoms with Crippen LogP contribution in [0.5, 0.6) is 0 Å². The number of rotatable bonds is 39. The quantitative estimate of drug-likeness (QED) is 0.0160. The molecule has 3 aliphatic heterocycles. The van der Waals surface area contributed by atoms with Gasteiger partial charge in [0.25, 0.3) is 52.3 Å². The molecule has 3 aliphatic rings. The zero-order valence-corrected chi connectivity index (χ0v) is 55.9. The van der Waals surface area contributed by atoms with E-state index < -0.39 is 111 Å². The predicted molar refractivity (Wildman–Crippen MR) is 334 cm³/mol. The Hall–Kier alpha value is -6.07. The van der Waals surface area contributed by atoms with E-state index in [1.54, 1.807) is 62.0 Å². The first-order chi connectivity index (χ1) is 44.3. The number of methoxy groups -OCH3 is 2. The number of benzene rings is 4. The van der Waals surface area contributed by atoms with Crippen LogP contribution in [-0.2, 0) is 119 Å². The van der Waals surface area contributed by atoms with E-state index in [1.807, 2.05) is 4.90 Å². The molecule has 2 unspecified atom stereocenters. The number of allylic oxidation sites excluding steroid dienone is 6. The van der Waals surface area contributed by atoms with Crippen LogP contribution in [0.1, 0.15) is 63.5 Å². The maximum Gasteiger partial charge on any atom is 0.358 e. The largest absolute Gasteiger partial charge is 0.744 e. The summed E-state index contributed by atoms with van der Waals surface area (Å²) in [6.45, 7) is 5.28. The summed E-state index contributed by atoms with van der Waals surface area (Å²) in [5.74, 6) is -2.90. The average Bonchev–Trinajstić information content (AvgIpc) is 1.53. The molecule has 4 aromatic carbocycles. The normalized spacial score (nSPS) is 18.6. The molecule has 2 amide bonds. The van der Waals surface area contributed by atoms with E-state index in [2.05, 4.69) is 0 Å². The van der Waals surface area contributed by atoms with Crippen molar-refractivity contribution in [2.75, 3.05) is 130 Å². The topological polar surface area (TPSA) is 418 Å². The van der Waals surface area contributed by atoms with Crippen LogP contribution >= 0.6 is 0 Å². The number of hydrogen-bond donors (Lipinski definition) is 4. The monoisotopic (exact) mass is 1420 g/mol. The second-order valence-electron chi connectivity index (χ2n) is 22.1. The van der Waals surface area contributed by atoms with E-state index in [1.165, 1.54) is 25.3 Å². The van der Waals surface area contributed by atoms with Crippen LogP contribution in [0.15, 0.2) is 104 Å². The van der Waals surface area contributed by atoms with Crippen molar-refractivity contribution in [1.29, 1.82) is 0 Å². The third-order valence-electron chi connectivity index (χ3n) is 15.7. The molecule has 4 aromatic rings. The van der Waals surface area contributed by atoms with E-state index in [0.717, 1.165) is 12.1 Å². The molecule has 2 atom stereocenters. The second kappa shape index (κ2) is 32.3. The average molecular weight is 1420 g/mol. The number of amides is 2. The highest BCUT2D eigenvalue weighted by Gasteiger charge is 2.50. The van der Waals surface area contributed by atoms with E-state index in [0.29, 0.717) is 71.8 Å². The van der Waals surface area contributed by atoms with Gasteiger partial charge in [0, 0.05) is 93.3 Å². The van der Waals surface area contributed by atoms with Crippen LogP contribution in [0.3, 0.4) is 0 Å². The molecular formula is C59H75N3O27S5. The molecule has 30 nitrogen and oxygen atoms in total. The summed E-state index contributed by atoms with van der Waals surface area (Å²) in [6, 6.07) is 9.11. The Morgan fingerprint density at radius 1 is 0.585 bits per heavy atom. The summed E-state index contributed by atoms with van der Waals surface area (Å²) in [5, 5.41) is 0.0943. The van der Waals surface area contributed by atoms with Gasteiger partial charge in [-0.05, 0) is 104 Å². The van der Waals surface area contributed by atoms with E-state index in [4.69, 9.17) is 42.7 Å². The molecule has 1 saturated heterocycles. The molecule has 0 aliphatic carbocycles. The molecule has 4 N–H and O–H groups in total. The first kappa shape index (κ1) is 75.3. The number of hydrogen-bond acceptors (Lipinski definition) is 24. The highest BCUT2D eigenvalue weighted by Crippen LogP contribution is 2.54. The van der Waals surface area contributed by atoms with Crippen molar-refractivity contribution in [3.05, 3.63) is 95.7 Å². The molecule has 0 saturated carbocycles. The Morgan fingerprint density at radius 3 is 1.71 bits per heavy atom. The van der Waals surface area contributed by atoms with Crippen molar-refractivity contribution < 1.29 is 127 Å². The summed E-state index contributed by atoms with van der Waals surface area (Å²) in [4.78, 5) is 38.7. The standard InChI is InChI=1S/C59H75N3O27S5/c1-58(18-8-35-90(66,67)68)51(60(20-25-81-3)47-14-12-43-45(56(47)58)36-41(91(69,70)71)38-49(43)93(75,76)77)10-6-5-7-11-52-59(2,19-24-84-30-32-87-34-33-86-28-27-82-4)57-46-37-42(92(72,73)74)39-50(94(78,79)80)44(46)13-15-48(57)61(52)21-26-85-31-29-83-22-9-23-88-40-55(65)89-62-53(63)16-17-54(62)64/h5-7,10-15,36-39H,8-9,16-35,40H2,1-4H3,(H4-,66,67,68,69,70,71,72,73,74,75,76,77,78,79,80). The summed E-state index contributed by atoms with van der Waals surface area (Å²) in [7, 11) is -22.4. The minimum absolute atomic E-state index is 0.00723. The number of fused-ring (bicyclic) bond motifs is 6. The molecule has 35 heteroatoms. The van der Waals surface area contributed by atoms with Crippen molar-refractivity contribution in [2.45, 2.75) is 82.8 Å². The third kappa shape index (κ3) is 18.9. The number of ether oxygens (including phenoxy) is 8. The maximum atomic E-state index is 12.9. The van der Waals surface area contributed by atoms with Crippen LogP contribution in [0, 0.1) is 0 Å². The number of nitrogens with zero attached hydrogens (tertiary/aromatic N) is 3. The fourth-order valence-electron chi connectivity index (χ4n) is 11.5. The molecule has 94 heavy (non-hydrogen) atoms. The Bertz CT molecular complexity index is 4180. The van der Waals surface area contributed by atoms with Gasteiger partial charge in [-0.25, -0.2) is 13.2 Å². The first-order valence-corrected chi connectivity index (χ1v) is 36.6. The van der Waals surface area contributed by atoms with Gasteiger partial charge in [0.05, 0.1) is 85.3 Å². The smallest absolute Gasteiger partial charge is 0.358 e. The van der Waals surface area contributed by atoms with Crippen LogP contribution in [0.2, 0.25) is 0 Å². The Kier molecular flexibility index (Phi) is 25.9. The first-order valence-electron chi connectivity index (χ1n) is 29.3. The Balaban J connectivity index is 1.25. The summed E-state index contributed by atoms with van der Waals surface area (Å²) < 4.78 is 227. The predicted octanol–water partition coefficient (Wildman–Crippen LogP) is 4.22. The molecule has 518 valence electrons. The zero-order chi connectivity index (χ0) is 68.9. The maximum absolute atomic E-state index is 12.9. The van der Waals surface area contributed by atoms with Crippen LogP contribution in [0.4, 0.5) is 11.4 Å². The highest BCUT2D eigenvalue weighted by molar-refractivity contribution is 7.87. The fourth-order valence-corrected chi connectivity index (χ4v) is 14.7. The van der Waals surface area contributed by atoms with Gasteiger partial charge >= 0.3 is 5.97 Å². The molecule has 0 aromatic heterocycles. The van der Waals surface area contributed by atoms with E-state index in [9.17, 15) is 79.2 Å². The Labute approximate surface area is 544 Å². The lowest BCUT2D eigenvalue weighted by Crippen LogP contribution is -2.33. The zero-order valence-electron chi connectivity index (χ0n) is 51.8. The SMILES string of the molecule is COCCOCCOCCOCCC1(C)\C(=C/C=C/C=C/C2=[N+](CCOC)c3ccc4c(S(=O)(=O)O)cc(S(=O)(=O)O)cc4c3C2(C)CCCS(=O)(=O)O)N(CCOCCOCCCOCC(=O)ON2C(=O)CCC2=O)c2ccc3c(S(=O)(=O)[O-])cc(S(=O)(=O)O)cc3c21. The number of hydroxylamine groups is 2. The van der Waals surface area contributed by atoms with Crippen LogP contribution < -0.4 is 4.90 Å². The van der Waals surface area contributed by atoms with Crippen LogP contribution in [0.25, 0.3) is 21.5 Å². The highest BCUT2D eigenvalue weighted by atomic mass is 32.2. The second-order valence-corrected chi connectivity index (χ2v) is 29.3. The third-order valence-corrected chi connectivity index (χ3v) is 20.0. The molecule has 0 bridgehead atoms. The van der Waals surface area contributed by atoms with Gasteiger partial charge in [-0.1, -0.05) is 24.3 Å².